The predicted octanol–water partition coefficient (Wildman–Crippen LogP) is 13.8. The van der Waals surface area contributed by atoms with Crippen LogP contribution in [-0.4, -0.2) is 4.98 Å². The Morgan fingerprint density at radius 2 is 1.09 bits per heavy atom. The van der Waals surface area contributed by atoms with Gasteiger partial charge in [-0.1, -0.05) is 145 Å². The number of nitrogens with zero attached hydrogens (tertiary/aromatic N) is 3. The molecule has 0 N–H and O–H groups in total. The maximum atomic E-state index is 4.53. The van der Waals surface area contributed by atoms with Gasteiger partial charge < -0.3 is 9.80 Å². The number of pyridine rings is 1. The third-order valence-electron chi connectivity index (χ3n) is 12.6. The fourth-order valence-electron chi connectivity index (χ4n) is 9.58. The van der Waals surface area contributed by atoms with Crippen molar-refractivity contribution in [1.82, 2.24) is 4.98 Å². The van der Waals surface area contributed by atoms with Crippen LogP contribution in [0.25, 0.3) is 33.4 Å². The molecule has 55 heavy (non-hydrogen) atoms. The molecule has 0 saturated heterocycles. The molecule has 2 aliphatic heterocycles. The van der Waals surface area contributed by atoms with Crippen molar-refractivity contribution in [3.8, 4) is 33.4 Å². The molecule has 3 heteroatoms. The first kappa shape index (κ1) is 33.4. The molecule has 1 aliphatic carbocycles. The van der Waals surface area contributed by atoms with Gasteiger partial charge in [-0.25, -0.2) is 0 Å². The predicted molar refractivity (Wildman–Crippen MR) is 230 cm³/mol. The van der Waals surface area contributed by atoms with Crippen LogP contribution in [0, 0.1) is 0 Å². The summed E-state index contributed by atoms with van der Waals surface area (Å²) in [5, 5.41) is 0. The van der Waals surface area contributed by atoms with Crippen LogP contribution in [0.3, 0.4) is 0 Å². The fourth-order valence-corrected chi connectivity index (χ4v) is 9.58. The molecule has 3 aliphatic rings. The number of fused-ring (bicyclic) bond motifs is 5. The zero-order chi connectivity index (χ0) is 37.7. The normalized spacial score (nSPS) is 16.1. The molecule has 1 aromatic heterocycles. The van der Waals surface area contributed by atoms with E-state index in [1.165, 1.54) is 72.6 Å². The van der Waals surface area contributed by atoms with E-state index >= 15 is 0 Å². The maximum Gasteiger partial charge on any atom is 0.0543 e. The van der Waals surface area contributed by atoms with Crippen LogP contribution in [0.5, 0.6) is 0 Å². The van der Waals surface area contributed by atoms with Crippen molar-refractivity contribution < 1.29 is 0 Å². The number of anilines is 5. The Morgan fingerprint density at radius 1 is 0.491 bits per heavy atom. The van der Waals surface area contributed by atoms with Crippen molar-refractivity contribution in [3.05, 3.63) is 192 Å². The van der Waals surface area contributed by atoms with Gasteiger partial charge >= 0.3 is 0 Å². The van der Waals surface area contributed by atoms with Gasteiger partial charge in [-0.15, -0.1) is 0 Å². The third kappa shape index (κ3) is 4.99. The highest BCUT2D eigenvalue weighted by molar-refractivity contribution is 5.91. The summed E-state index contributed by atoms with van der Waals surface area (Å²) in [7, 11) is 0. The lowest BCUT2D eigenvalue weighted by Crippen LogP contribution is -2.36. The van der Waals surface area contributed by atoms with Crippen LogP contribution < -0.4 is 9.80 Å². The lowest BCUT2D eigenvalue weighted by Gasteiger charge is -2.46. The van der Waals surface area contributed by atoms with E-state index in [0.717, 1.165) is 17.1 Å². The van der Waals surface area contributed by atoms with E-state index in [1.54, 1.807) is 0 Å². The molecule has 0 saturated carbocycles. The van der Waals surface area contributed by atoms with E-state index in [-0.39, 0.29) is 16.2 Å². The van der Waals surface area contributed by atoms with E-state index in [4.69, 9.17) is 0 Å². The molecule has 10 rings (SSSR count). The van der Waals surface area contributed by atoms with Crippen molar-refractivity contribution >= 4 is 28.4 Å². The van der Waals surface area contributed by atoms with E-state index in [1.807, 2.05) is 12.4 Å². The standard InChI is InChI=1S/C52H45N3/c1-50(2)29-31-54-47-28-30-53-33-46(47)52(5,6)44-27-26-40(48(50)49(44)54)36-18-22-38(23-19-36)55(37-20-16-35(17-21-37)34-12-8-7-9-13-34)39-24-25-42-41-14-10-11-15-43(41)51(3,4)45(42)32-39/h7-33H,1-6H3. The van der Waals surface area contributed by atoms with Crippen molar-refractivity contribution in [3.63, 3.8) is 0 Å². The van der Waals surface area contributed by atoms with Gasteiger partial charge in [-0.05, 0) is 98.1 Å². The zero-order valence-electron chi connectivity index (χ0n) is 32.4. The molecule has 268 valence electrons. The Bertz CT molecular complexity index is 2660. The fraction of sp³-hybridized carbons (Fsp3) is 0.173. The highest BCUT2D eigenvalue weighted by atomic mass is 15.2. The highest BCUT2D eigenvalue weighted by Crippen LogP contribution is 2.56. The molecular formula is C52H45N3. The number of rotatable bonds is 5. The van der Waals surface area contributed by atoms with Crippen LogP contribution in [0.15, 0.2) is 164 Å². The number of allylic oxidation sites excluding steroid dienone is 1. The largest absolute Gasteiger partial charge is 0.316 e. The topological polar surface area (TPSA) is 19.4 Å². The van der Waals surface area contributed by atoms with Crippen molar-refractivity contribution in [1.29, 1.82) is 0 Å². The Kier molecular flexibility index (Phi) is 7.23. The summed E-state index contributed by atoms with van der Waals surface area (Å²) in [4.78, 5) is 9.34. The highest BCUT2D eigenvalue weighted by Gasteiger charge is 2.42. The summed E-state index contributed by atoms with van der Waals surface area (Å²) in [5.41, 5.74) is 19.8. The van der Waals surface area contributed by atoms with Crippen LogP contribution in [0.4, 0.5) is 28.4 Å². The Hall–Kier alpha value is -6.19. The summed E-state index contributed by atoms with van der Waals surface area (Å²) in [6.45, 7) is 14.1. The van der Waals surface area contributed by atoms with E-state index < -0.39 is 0 Å². The number of benzene rings is 6. The van der Waals surface area contributed by atoms with Gasteiger partial charge in [0.25, 0.3) is 0 Å². The molecule has 0 spiro atoms. The molecule has 0 unspecified atom stereocenters. The van der Waals surface area contributed by atoms with Gasteiger partial charge in [0.05, 0.1) is 11.4 Å². The lowest BCUT2D eigenvalue weighted by molar-refractivity contribution is 0.606. The smallest absolute Gasteiger partial charge is 0.0543 e. The van der Waals surface area contributed by atoms with Gasteiger partial charge in [0.15, 0.2) is 0 Å². The lowest BCUT2D eigenvalue weighted by atomic mass is 9.68. The second kappa shape index (κ2) is 11.9. The molecule has 0 fully saturated rings. The summed E-state index contributed by atoms with van der Waals surface area (Å²) >= 11 is 0. The molecule has 0 amide bonds. The van der Waals surface area contributed by atoms with Crippen LogP contribution in [0.2, 0.25) is 0 Å². The average Bonchev–Trinajstić information content (AvgIpc) is 3.43. The molecule has 3 heterocycles. The van der Waals surface area contributed by atoms with Gasteiger partial charge in [0, 0.05) is 57.5 Å². The van der Waals surface area contributed by atoms with Crippen LogP contribution >= 0.6 is 0 Å². The van der Waals surface area contributed by atoms with Gasteiger partial charge in [0.1, 0.15) is 0 Å². The van der Waals surface area contributed by atoms with Crippen molar-refractivity contribution in [2.75, 3.05) is 9.80 Å². The zero-order valence-corrected chi connectivity index (χ0v) is 32.4. The molecule has 6 aromatic carbocycles. The Morgan fingerprint density at radius 3 is 1.84 bits per heavy atom. The first-order valence-electron chi connectivity index (χ1n) is 19.5. The third-order valence-corrected chi connectivity index (χ3v) is 12.6. The average molecular weight is 712 g/mol. The first-order valence-corrected chi connectivity index (χ1v) is 19.5. The Labute approximate surface area is 325 Å². The molecular weight excluding hydrogens is 667 g/mol. The van der Waals surface area contributed by atoms with Gasteiger partial charge in [-0.3, -0.25) is 4.98 Å². The minimum absolute atomic E-state index is 0.0941. The van der Waals surface area contributed by atoms with E-state index in [9.17, 15) is 0 Å². The monoisotopic (exact) mass is 711 g/mol. The first-order chi connectivity index (χ1) is 26.5. The summed E-state index contributed by atoms with van der Waals surface area (Å²) < 4.78 is 0. The quantitative estimate of drug-likeness (QED) is 0.177. The summed E-state index contributed by atoms with van der Waals surface area (Å²) in [6, 6.07) is 51.6. The van der Waals surface area contributed by atoms with Crippen LogP contribution in [0.1, 0.15) is 69.4 Å². The number of aromatic nitrogens is 1. The molecule has 0 bridgehead atoms. The minimum Gasteiger partial charge on any atom is -0.316 e. The van der Waals surface area contributed by atoms with Crippen molar-refractivity contribution in [2.45, 2.75) is 57.8 Å². The molecule has 0 atom stereocenters. The number of hydrogen-bond acceptors (Lipinski definition) is 3. The molecule has 3 nitrogen and oxygen atoms in total. The van der Waals surface area contributed by atoms with E-state index in [0.29, 0.717) is 0 Å². The van der Waals surface area contributed by atoms with Crippen LogP contribution in [-0.2, 0) is 16.2 Å². The van der Waals surface area contributed by atoms with Crippen molar-refractivity contribution in [2.24, 2.45) is 0 Å². The van der Waals surface area contributed by atoms with E-state index in [2.05, 4.69) is 208 Å². The van der Waals surface area contributed by atoms with Gasteiger partial charge in [0.2, 0.25) is 0 Å². The number of hydrogen-bond donors (Lipinski definition) is 0. The SMILES string of the molecule is CC1(C)C=CN2c3ccncc3C(C)(C)c3ccc(-c4ccc(N(c5ccc(-c6ccccc6)cc5)c5ccc6c(c5)C(C)(C)c5ccccc5-6)cc4)c1c32. The molecule has 7 aromatic rings. The van der Waals surface area contributed by atoms with Gasteiger partial charge in [-0.2, -0.15) is 0 Å². The Balaban J connectivity index is 1.10. The maximum absolute atomic E-state index is 4.53. The summed E-state index contributed by atoms with van der Waals surface area (Å²) in [6.07, 6.45) is 8.58. The second-order valence-electron chi connectivity index (χ2n) is 17.0. The second-order valence-corrected chi connectivity index (χ2v) is 17.0. The minimum atomic E-state index is -0.170. The summed E-state index contributed by atoms with van der Waals surface area (Å²) in [5.74, 6) is 0. The molecule has 0 radical (unpaired) electrons.